The molecule has 1 aliphatic rings. The number of carbonyl (C=O) groups excluding carboxylic acids is 2. The maximum absolute atomic E-state index is 12.5. The number of hydrogen-bond acceptors (Lipinski definition) is 4. The summed E-state index contributed by atoms with van der Waals surface area (Å²) in [6, 6.07) is 13.6. The molecule has 1 N–H and O–H groups in total. The normalized spacial score (nSPS) is 17.1. The zero-order valence-corrected chi connectivity index (χ0v) is 13.3. The van der Waals surface area contributed by atoms with Gasteiger partial charge in [0, 0.05) is 11.3 Å². The number of benzene rings is 2. The lowest BCUT2D eigenvalue weighted by Gasteiger charge is -2.27. The van der Waals surface area contributed by atoms with Crippen molar-refractivity contribution in [3.05, 3.63) is 77.1 Å². The third-order valence-corrected chi connectivity index (χ3v) is 4.08. The van der Waals surface area contributed by atoms with Crippen molar-refractivity contribution in [2.45, 2.75) is 13.0 Å². The van der Waals surface area contributed by atoms with E-state index in [2.05, 4.69) is 0 Å². The van der Waals surface area contributed by atoms with Crippen molar-refractivity contribution >= 4 is 23.3 Å². The fourth-order valence-electron chi connectivity index (χ4n) is 2.93. The summed E-state index contributed by atoms with van der Waals surface area (Å²) in [6.07, 6.45) is 0. The quantitative estimate of drug-likeness (QED) is 0.916. The maximum Gasteiger partial charge on any atom is 0.335 e. The second-order valence-corrected chi connectivity index (χ2v) is 5.64. The molecule has 0 saturated carbocycles. The highest BCUT2D eigenvalue weighted by atomic mass is 16.4. The van der Waals surface area contributed by atoms with Crippen molar-refractivity contribution in [1.82, 2.24) is 0 Å². The van der Waals surface area contributed by atoms with Gasteiger partial charge in [-0.2, -0.15) is 0 Å². The predicted molar refractivity (Wildman–Crippen MR) is 87.8 cm³/mol. The van der Waals surface area contributed by atoms with Gasteiger partial charge in [-0.3, -0.25) is 14.5 Å². The predicted octanol–water partition coefficient (Wildman–Crippen LogP) is 1.68. The largest absolute Gasteiger partial charge is 0.868 e. The minimum absolute atomic E-state index is 0.0637. The second kappa shape index (κ2) is 6.24. The van der Waals surface area contributed by atoms with E-state index in [0.717, 1.165) is 0 Å². The Balaban J connectivity index is 2.12. The first-order valence-electron chi connectivity index (χ1n) is 7.55. The molecule has 3 rings (SSSR count). The molecule has 0 radical (unpaired) electrons. The molecule has 0 aliphatic carbocycles. The number of nitrogens with zero attached hydrogens (tertiary/aromatic N) is 1. The molecule has 2 aromatic rings. The molecule has 1 aliphatic heterocycles. The first kappa shape index (κ1) is 16.4. The number of carboxylic acids is 1. The van der Waals surface area contributed by atoms with Gasteiger partial charge in [0.1, 0.15) is 0 Å². The van der Waals surface area contributed by atoms with E-state index >= 15 is 0 Å². The van der Waals surface area contributed by atoms with E-state index in [-0.39, 0.29) is 11.1 Å². The summed E-state index contributed by atoms with van der Waals surface area (Å²) in [6.45, 7) is 1.26. The van der Waals surface area contributed by atoms with Crippen molar-refractivity contribution in [2.75, 3.05) is 4.90 Å². The van der Waals surface area contributed by atoms with E-state index in [4.69, 9.17) is 5.11 Å². The van der Waals surface area contributed by atoms with Gasteiger partial charge < -0.3 is 10.2 Å². The van der Waals surface area contributed by atoms with Crippen LogP contribution in [0.25, 0.3) is 0 Å². The number of carboxylic acid groups (broad SMARTS) is 1. The summed E-state index contributed by atoms with van der Waals surface area (Å²) in [5.74, 6) is -3.19. The molecule has 0 spiro atoms. The number of ketones is 1. The summed E-state index contributed by atoms with van der Waals surface area (Å²) in [5.41, 5.74) is 0.968. The Kier molecular flexibility index (Phi) is 4.10. The Bertz CT molecular complexity index is 884. The number of anilines is 1. The van der Waals surface area contributed by atoms with Gasteiger partial charge in [0.15, 0.2) is 5.78 Å². The summed E-state index contributed by atoms with van der Waals surface area (Å²) < 4.78 is 0. The standard InChI is InChI=1S/C19H15NO5/c1-11(21)15-16(12-5-3-2-4-6-12)20(18(23)17(15)22)14-9-7-13(8-10-14)19(24)25/h2-10,16,22H,1H3,(H,24,25)/p-1/t16-/m0/s1. The Labute approximate surface area is 143 Å². The molecule has 126 valence electrons. The van der Waals surface area contributed by atoms with Crippen molar-refractivity contribution in [3.8, 4) is 0 Å². The van der Waals surface area contributed by atoms with Crippen molar-refractivity contribution in [3.63, 3.8) is 0 Å². The van der Waals surface area contributed by atoms with Gasteiger partial charge in [-0.25, -0.2) is 4.79 Å². The van der Waals surface area contributed by atoms with Crippen LogP contribution in [0, 0.1) is 0 Å². The van der Waals surface area contributed by atoms with Gasteiger partial charge >= 0.3 is 5.97 Å². The second-order valence-electron chi connectivity index (χ2n) is 5.64. The fraction of sp³-hybridized carbons (Fsp3) is 0.105. The Morgan fingerprint density at radius 2 is 1.64 bits per heavy atom. The molecular formula is C19H14NO5-. The summed E-state index contributed by atoms with van der Waals surface area (Å²) in [4.78, 5) is 36.7. The van der Waals surface area contributed by atoms with Gasteiger partial charge in [-0.05, 0) is 42.5 Å². The lowest BCUT2D eigenvalue weighted by atomic mass is 9.96. The minimum Gasteiger partial charge on any atom is -0.868 e. The van der Waals surface area contributed by atoms with E-state index in [1.165, 1.54) is 36.1 Å². The molecule has 0 aromatic heterocycles. The van der Waals surface area contributed by atoms with Crippen LogP contribution in [0.3, 0.4) is 0 Å². The minimum atomic E-state index is -1.09. The van der Waals surface area contributed by atoms with Crippen LogP contribution in [0.15, 0.2) is 65.9 Å². The number of Topliss-reactive ketones (excluding diaryl/α,β-unsaturated/α-hetero) is 1. The molecule has 2 aromatic carbocycles. The average Bonchev–Trinajstić information content (AvgIpc) is 2.87. The van der Waals surface area contributed by atoms with Crippen LogP contribution in [-0.2, 0) is 9.59 Å². The van der Waals surface area contributed by atoms with Crippen LogP contribution in [0.2, 0.25) is 0 Å². The van der Waals surface area contributed by atoms with Crippen LogP contribution in [0.5, 0.6) is 0 Å². The van der Waals surface area contributed by atoms with Gasteiger partial charge in [-0.1, -0.05) is 30.3 Å². The zero-order chi connectivity index (χ0) is 18.1. The Morgan fingerprint density at radius 3 is 2.16 bits per heavy atom. The molecule has 1 atom stereocenters. The Morgan fingerprint density at radius 1 is 1.04 bits per heavy atom. The van der Waals surface area contributed by atoms with Gasteiger partial charge in [0.2, 0.25) is 5.91 Å². The SMILES string of the molecule is CC(=O)C1=C([O-])C(=O)N(c2ccc(C(=O)O)cc2)[C@H]1c1ccccc1. The number of hydrogen-bond donors (Lipinski definition) is 1. The zero-order valence-electron chi connectivity index (χ0n) is 13.3. The first-order valence-corrected chi connectivity index (χ1v) is 7.55. The van der Waals surface area contributed by atoms with Gasteiger partial charge in [0.05, 0.1) is 11.6 Å². The first-order chi connectivity index (χ1) is 11.9. The number of aromatic carboxylic acids is 1. The lowest BCUT2D eigenvalue weighted by molar-refractivity contribution is -0.298. The number of amides is 1. The lowest BCUT2D eigenvalue weighted by Crippen LogP contribution is -2.32. The number of carbonyl (C=O) groups is 3. The summed E-state index contributed by atoms with van der Waals surface area (Å²) >= 11 is 0. The van der Waals surface area contributed by atoms with E-state index in [1.807, 2.05) is 0 Å². The average molecular weight is 336 g/mol. The van der Waals surface area contributed by atoms with Crippen LogP contribution in [-0.4, -0.2) is 22.8 Å². The topological polar surface area (TPSA) is 97.7 Å². The van der Waals surface area contributed by atoms with Gasteiger partial charge in [-0.15, -0.1) is 0 Å². The molecule has 6 nitrogen and oxygen atoms in total. The van der Waals surface area contributed by atoms with E-state index in [1.54, 1.807) is 30.3 Å². The van der Waals surface area contributed by atoms with Crippen molar-refractivity contribution < 1.29 is 24.6 Å². The molecule has 0 bridgehead atoms. The highest BCUT2D eigenvalue weighted by Crippen LogP contribution is 2.39. The van der Waals surface area contributed by atoms with Crippen LogP contribution >= 0.6 is 0 Å². The van der Waals surface area contributed by atoms with E-state index < -0.39 is 29.5 Å². The molecule has 0 saturated heterocycles. The molecular weight excluding hydrogens is 322 g/mol. The molecule has 0 unspecified atom stereocenters. The maximum atomic E-state index is 12.5. The van der Waals surface area contributed by atoms with Crippen LogP contribution in [0.4, 0.5) is 5.69 Å². The monoisotopic (exact) mass is 336 g/mol. The molecule has 6 heteroatoms. The van der Waals surface area contributed by atoms with Crippen molar-refractivity contribution in [1.29, 1.82) is 0 Å². The summed E-state index contributed by atoms with van der Waals surface area (Å²) in [7, 11) is 0. The van der Waals surface area contributed by atoms with Crippen LogP contribution in [0.1, 0.15) is 28.9 Å². The molecule has 25 heavy (non-hydrogen) atoms. The van der Waals surface area contributed by atoms with E-state index in [0.29, 0.717) is 11.3 Å². The molecule has 1 amide bonds. The third-order valence-electron chi connectivity index (χ3n) is 4.08. The van der Waals surface area contributed by atoms with E-state index in [9.17, 15) is 19.5 Å². The molecule has 1 heterocycles. The third kappa shape index (κ3) is 2.78. The highest BCUT2D eigenvalue weighted by molar-refractivity contribution is 6.15. The number of rotatable bonds is 4. The molecule has 0 fully saturated rings. The Hall–Kier alpha value is -3.41. The van der Waals surface area contributed by atoms with Crippen molar-refractivity contribution in [2.24, 2.45) is 0 Å². The smallest absolute Gasteiger partial charge is 0.335 e. The van der Waals surface area contributed by atoms with Crippen LogP contribution < -0.4 is 10.0 Å². The summed E-state index contributed by atoms with van der Waals surface area (Å²) in [5, 5.41) is 21.3. The van der Waals surface area contributed by atoms with Gasteiger partial charge in [0.25, 0.3) is 0 Å². The fourth-order valence-corrected chi connectivity index (χ4v) is 2.93. The highest BCUT2D eigenvalue weighted by Gasteiger charge is 2.38.